The Kier molecular flexibility index (Phi) is 7.40. The molecule has 3 heterocycles. The highest BCUT2D eigenvalue weighted by Crippen LogP contribution is 2.40. The van der Waals surface area contributed by atoms with Crippen molar-refractivity contribution in [1.82, 2.24) is 29.6 Å². The van der Waals surface area contributed by atoms with Crippen molar-refractivity contribution in [2.24, 2.45) is 7.05 Å². The summed E-state index contributed by atoms with van der Waals surface area (Å²) in [6.07, 6.45) is 5.84. The molecule has 0 N–H and O–H groups in total. The van der Waals surface area contributed by atoms with E-state index in [2.05, 4.69) is 65.4 Å². The molecule has 32 heavy (non-hydrogen) atoms. The van der Waals surface area contributed by atoms with Crippen LogP contribution in [-0.2, 0) is 18.9 Å². The van der Waals surface area contributed by atoms with Crippen LogP contribution < -0.4 is 4.90 Å². The van der Waals surface area contributed by atoms with Crippen molar-refractivity contribution in [1.29, 1.82) is 0 Å². The van der Waals surface area contributed by atoms with Gasteiger partial charge in [0.15, 0.2) is 5.16 Å². The SMILES string of the molecule is CCCc1nnc(SCCCN2CCN(c3cc(C4CC4)nc(C(C)(C)C)n3)CC2)n1C. The highest BCUT2D eigenvalue weighted by atomic mass is 32.2. The number of piperazine rings is 1. The zero-order chi connectivity index (χ0) is 22.7. The zero-order valence-electron chi connectivity index (χ0n) is 20.5. The van der Waals surface area contributed by atoms with E-state index in [4.69, 9.17) is 9.97 Å². The topological polar surface area (TPSA) is 63.0 Å². The Labute approximate surface area is 197 Å². The van der Waals surface area contributed by atoms with Gasteiger partial charge in [-0.05, 0) is 32.2 Å². The van der Waals surface area contributed by atoms with Crippen LogP contribution in [0.5, 0.6) is 0 Å². The van der Waals surface area contributed by atoms with Gasteiger partial charge in [0.05, 0.1) is 0 Å². The first-order chi connectivity index (χ1) is 15.3. The Bertz CT molecular complexity index is 892. The van der Waals surface area contributed by atoms with Crippen molar-refractivity contribution in [2.75, 3.05) is 43.4 Å². The van der Waals surface area contributed by atoms with Crippen LogP contribution in [0.4, 0.5) is 5.82 Å². The van der Waals surface area contributed by atoms with Crippen molar-refractivity contribution in [2.45, 2.75) is 76.3 Å². The Hall–Kier alpha value is -1.67. The summed E-state index contributed by atoms with van der Waals surface area (Å²) >= 11 is 1.83. The lowest BCUT2D eigenvalue weighted by Gasteiger charge is -2.36. The molecule has 2 fully saturated rings. The first-order valence-corrected chi connectivity index (χ1v) is 13.2. The highest BCUT2D eigenvalue weighted by molar-refractivity contribution is 7.99. The number of hydrogen-bond acceptors (Lipinski definition) is 7. The Morgan fingerprint density at radius 2 is 1.81 bits per heavy atom. The van der Waals surface area contributed by atoms with Gasteiger partial charge in [0.2, 0.25) is 0 Å². The summed E-state index contributed by atoms with van der Waals surface area (Å²) in [5.41, 5.74) is 1.24. The van der Waals surface area contributed by atoms with E-state index in [0.29, 0.717) is 5.92 Å². The van der Waals surface area contributed by atoms with E-state index in [1.165, 1.54) is 25.0 Å². The van der Waals surface area contributed by atoms with Gasteiger partial charge < -0.3 is 9.47 Å². The first-order valence-electron chi connectivity index (χ1n) is 12.2. The molecule has 0 bridgehead atoms. The number of aryl methyl sites for hydroxylation is 1. The van der Waals surface area contributed by atoms with Gasteiger partial charge >= 0.3 is 0 Å². The number of thioether (sulfide) groups is 1. The first kappa shape index (κ1) is 23.5. The quantitative estimate of drug-likeness (QED) is 0.416. The number of nitrogens with zero attached hydrogens (tertiary/aromatic N) is 7. The third-order valence-electron chi connectivity index (χ3n) is 6.34. The fourth-order valence-corrected chi connectivity index (χ4v) is 4.96. The minimum absolute atomic E-state index is 0.0147. The van der Waals surface area contributed by atoms with Crippen molar-refractivity contribution < 1.29 is 0 Å². The summed E-state index contributed by atoms with van der Waals surface area (Å²) in [6, 6.07) is 2.26. The minimum Gasteiger partial charge on any atom is -0.354 e. The van der Waals surface area contributed by atoms with Gasteiger partial charge in [0, 0.05) is 68.5 Å². The average Bonchev–Trinajstić information content (AvgIpc) is 3.57. The predicted octanol–water partition coefficient (Wildman–Crippen LogP) is 4.04. The maximum atomic E-state index is 4.97. The zero-order valence-corrected chi connectivity index (χ0v) is 21.3. The van der Waals surface area contributed by atoms with Crippen LogP contribution in [0.3, 0.4) is 0 Å². The van der Waals surface area contributed by atoms with E-state index in [9.17, 15) is 0 Å². The molecule has 0 spiro atoms. The summed E-state index contributed by atoms with van der Waals surface area (Å²) in [5, 5.41) is 9.72. The molecule has 0 atom stereocenters. The lowest BCUT2D eigenvalue weighted by Crippen LogP contribution is -2.47. The van der Waals surface area contributed by atoms with Crippen molar-refractivity contribution in [3.63, 3.8) is 0 Å². The molecule has 2 aliphatic rings. The summed E-state index contributed by atoms with van der Waals surface area (Å²) in [4.78, 5) is 14.9. The van der Waals surface area contributed by atoms with E-state index >= 15 is 0 Å². The molecular formula is C24H39N7S. The van der Waals surface area contributed by atoms with Crippen LogP contribution >= 0.6 is 11.8 Å². The lowest BCUT2D eigenvalue weighted by atomic mass is 9.95. The fourth-order valence-electron chi connectivity index (χ4n) is 4.10. The second kappa shape index (κ2) is 10.1. The summed E-state index contributed by atoms with van der Waals surface area (Å²) in [7, 11) is 2.08. The Morgan fingerprint density at radius 1 is 1.06 bits per heavy atom. The monoisotopic (exact) mass is 457 g/mol. The predicted molar refractivity (Wildman–Crippen MR) is 132 cm³/mol. The molecule has 2 aromatic rings. The Balaban J connectivity index is 1.25. The van der Waals surface area contributed by atoms with Gasteiger partial charge in [0.1, 0.15) is 17.5 Å². The van der Waals surface area contributed by atoms with E-state index in [1.54, 1.807) is 0 Å². The van der Waals surface area contributed by atoms with Gasteiger partial charge in [-0.15, -0.1) is 10.2 Å². The Morgan fingerprint density at radius 3 is 2.47 bits per heavy atom. The van der Waals surface area contributed by atoms with Crippen LogP contribution in [0.25, 0.3) is 0 Å². The number of hydrogen-bond donors (Lipinski definition) is 0. The normalized spacial score (nSPS) is 17.8. The van der Waals surface area contributed by atoms with E-state index < -0.39 is 0 Å². The molecule has 1 saturated heterocycles. The number of rotatable bonds is 9. The second-order valence-corrected chi connectivity index (χ2v) is 11.3. The maximum absolute atomic E-state index is 4.97. The molecule has 8 heteroatoms. The van der Waals surface area contributed by atoms with E-state index in [-0.39, 0.29) is 5.41 Å². The molecular weight excluding hydrogens is 418 g/mol. The fraction of sp³-hybridized carbons (Fsp3) is 0.750. The van der Waals surface area contributed by atoms with Crippen LogP contribution in [0.1, 0.15) is 76.6 Å². The van der Waals surface area contributed by atoms with E-state index in [1.807, 2.05) is 11.8 Å². The van der Waals surface area contributed by atoms with Gasteiger partial charge in [0.25, 0.3) is 0 Å². The third-order valence-corrected chi connectivity index (χ3v) is 7.45. The smallest absolute Gasteiger partial charge is 0.190 e. The molecule has 0 unspecified atom stereocenters. The molecule has 2 aromatic heterocycles. The highest BCUT2D eigenvalue weighted by Gasteiger charge is 2.29. The molecule has 176 valence electrons. The standard InChI is InChI=1S/C24H39N7S/c1-6-8-20-27-28-23(29(20)5)32-16-7-11-30-12-14-31(15-13-30)21-17-19(18-9-10-18)25-22(26-21)24(2,3)4/h17-18H,6-16H2,1-5H3. The van der Waals surface area contributed by atoms with E-state index in [0.717, 1.165) is 73.9 Å². The average molecular weight is 458 g/mol. The second-order valence-electron chi connectivity index (χ2n) is 10.2. The molecule has 1 aliphatic carbocycles. The van der Waals surface area contributed by atoms with Gasteiger partial charge in [-0.25, -0.2) is 9.97 Å². The van der Waals surface area contributed by atoms with Crippen molar-refractivity contribution in [3.8, 4) is 0 Å². The summed E-state index contributed by atoms with van der Waals surface area (Å²) in [6.45, 7) is 14.3. The summed E-state index contributed by atoms with van der Waals surface area (Å²) < 4.78 is 2.15. The van der Waals surface area contributed by atoms with Crippen molar-refractivity contribution in [3.05, 3.63) is 23.4 Å². The molecule has 7 nitrogen and oxygen atoms in total. The summed E-state index contributed by atoms with van der Waals surface area (Å²) in [5.74, 6) is 4.96. The largest absolute Gasteiger partial charge is 0.354 e. The number of anilines is 1. The molecule has 4 rings (SSSR count). The molecule has 0 radical (unpaired) electrons. The van der Waals surface area contributed by atoms with Gasteiger partial charge in [-0.1, -0.05) is 39.5 Å². The maximum Gasteiger partial charge on any atom is 0.190 e. The van der Waals surface area contributed by atoms with Crippen LogP contribution in [0.15, 0.2) is 11.2 Å². The minimum atomic E-state index is -0.0147. The molecule has 0 amide bonds. The van der Waals surface area contributed by atoms with Crippen LogP contribution in [0.2, 0.25) is 0 Å². The van der Waals surface area contributed by atoms with Gasteiger partial charge in [-0.2, -0.15) is 0 Å². The molecule has 0 aromatic carbocycles. The lowest BCUT2D eigenvalue weighted by molar-refractivity contribution is 0.258. The van der Waals surface area contributed by atoms with Crippen LogP contribution in [0, 0.1) is 0 Å². The number of aromatic nitrogens is 5. The molecule has 1 aliphatic heterocycles. The third kappa shape index (κ3) is 5.81. The van der Waals surface area contributed by atoms with Crippen LogP contribution in [-0.4, -0.2) is 68.1 Å². The van der Waals surface area contributed by atoms with Crippen molar-refractivity contribution >= 4 is 17.6 Å². The molecule has 1 saturated carbocycles. The van der Waals surface area contributed by atoms with Gasteiger partial charge in [-0.3, -0.25) is 4.90 Å².